The predicted octanol–water partition coefficient (Wildman–Crippen LogP) is 2.07. The van der Waals surface area contributed by atoms with Gasteiger partial charge < -0.3 is 10.1 Å². The molecule has 1 heterocycles. The molecule has 1 fully saturated rings. The van der Waals surface area contributed by atoms with Crippen LogP contribution in [0.3, 0.4) is 0 Å². The van der Waals surface area contributed by atoms with E-state index in [4.69, 9.17) is 4.74 Å². The number of ether oxygens (including phenoxy) is 1. The number of hydrogen-bond donors (Lipinski definition) is 1. The Morgan fingerprint density at radius 2 is 2.00 bits per heavy atom. The van der Waals surface area contributed by atoms with Gasteiger partial charge in [-0.05, 0) is 43.5 Å². The normalized spacial score (nSPS) is 20.6. The van der Waals surface area contributed by atoms with Gasteiger partial charge >= 0.3 is 0 Å². The summed E-state index contributed by atoms with van der Waals surface area (Å²) in [6.07, 6.45) is 4.95. The first-order valence-corrected chi connectivity index (χ1v) is 8.10. The first-order chi connectivity index (χ1) is 8.55. The Bertz CT molecular complexity index is 475. The summed E-state index contributed by atoms with van der Waals surface area (Å²) in [6.45, 7) is 1.62. The molecule has 1 atom stereocenters. The molecule has 5 heteroatoms. The number of hydrogen-bond acceptors (Lipinski definition) is 4. The Kier molecular flexibility index (Phi) is 4.24. The van der Waals surface area contributed by atoms with Crippen LogP contribution in [0.25, 0.3) is 0 Å². The number of sulfone groups is 1. The smallest absolute Gasteiger partial charge is 0.175 e. The molecule has 2 rings (SSSR count). The molecule has 1 saturated heterocycles. The second kappa shape index (κ2) is 5.71. The highest BCUT2D eigenvalue weighted by molar-refractivity contribution is 7.90. The van der Waals surface area contributed by atoms with Crippen LogP contribution in [-0.4, -0.2) is 33.9 Å². The van der Waals surface area contributed by atoms with Gasteiger partial charge in [-0.2, -0.15) is 0 Å². The van der Waals surface area contributed by atoms with E-state index in [1.807, 2.05) is 0 Å². The van der Waals surface area contributed by atoms with Gasteiger partial charge in [0.1, 0.15) is 0 Å². The summed E-state index contributed by atoms with van der Waals surface area (Å²) in [5.74, 6) is 0. The Balaban J connectivity index is 1.90. The van der Waals surface area contributed by atoms with Crippen LogP contribution in [0.4, 0.5) is 5.69 Å². The average Bonchev–Trinajstić information content (AvgIpc) is 2.37. The highest BCUT2D eigenvalue weighted by atomic mass is 32.2. The summed E-state index contributed by atoms with van der Waals surface area (Å²) in [6, 6.07) is 6.83. The van der Waals surface area contributed by atoms with Gasteiger partial charge in [0, 0.05) is 25.1 Å². The molecule has 0 aromatic heterocycles. The van der Waals surface area contributed by atoms with Gasteiger partial charge in [0.05, 0.1) is 11.0 Å². The maximum absolute atomic E-state index is 11.3. The van der Waals surface area contributed by atoms with E-state index in [-0.39, 0.29) is 6.10 Å². The lowest BCUT2D eigenvalue weighted by Crippen LogP contribution is -2.26. The van der Waals surface area contributed by atoms with Crippen molar-refractivity contribution >= 4 is 15.5 Å². The van der Waals surface area contributed by atoms with Crippen LogP contribution in [0.5, 0.6) is 0 Å². The molecule has 1 aromatic carbocycles. The highest BCUT2D eigenvalue weighted by Crippen LogP contribution is 2.16. The molecular weight excluding hydrogens is 250 g/mol. The molecule has 0 aliphatic carbocycles. The summed E-state index contributed by atoms with van der Waals surface area (Å²) in [7, 11) is -3.11. The Hall–Kier alpha value is -1.07. The molecular formula is C13H19NO3S. The largest absolute Gasteiger partial charge is 0.382 e. The van der Waals surface area contributed by atoms with Crippen molar-refractivity contribution in [2.24, 2.45) is 0 Å². The van der Waals surface area contributed by atoms with Crippen molar-refractivity contribution < 1.29 is 13.2 Å². The molecule has 1 aromatic rings. The lowest BCUT2D eigenvalue weighted by Gasteiger charge is -2.23. The Morgan fingerprint density at radius 3 is 2.56 bits per heavy atom. The third kappa shape index (κ3) is 3.71. The number of rotatable bonds is 4. The monoisotopic (exact) mass is 269 g/mol. The Labute approximate surface area is 108 Å². The minimum Gasteiger partial charge on any atom is -0.382 e. The molecule has 4 nitrogen and oxygen atoms in total. The summed E-state index contributed by atoms with van der Waals surface area (Å²) >= 11 is 0. The minimum absolute atomic E-state index is 0.272. The van der Waals surface area contributed by atoms with Gasteiger partial charge in [-0.15, -0.1) is 0 Å². The molecule has 0 saturated carbocycles. The number of nitrogens with one attached hydrogen (secondary N) is 1. The zero-order chi connectivity index (χ0) is 13.0. The van der Waals surface area contributed by atoms with Crippen LogP contribution in [0.1, 0.15) is 19.3 Å². The van der Waals surface area contributed by atoms with E-state index in [2.05, 4.69) is 5.32 Å². The van der Waals surface area contributed by atoms with E-state index in [1.54, 1.807) is 24.3 Å². The molecule has 100 valence electrons. The van der Waals surface area contributed by atoms with E-state index in [9.17, 15) is 8.42 Å². The van der Waals surface area contributed by atoms with Gasteiger partial charge in [0.15, 0.2) is 9.84 Å². The SMILES string of the molecule is CS(=O)(=O)c1ccc(NCC2CCCCO2)cc1. The number of benzene rings is 1. The van der Waals surface area contributed by atoms with Crippen molar-refractivity contribution in [3.05, 3.63) is 24.3 Å². The van der Waals surface area contributed by atoms with Gasteiger partial charge in [0.2, 0.25) is 0 Å². The average molecular weight is 269 g/mol. The van der Waals surface area contributed by atoms with Gasteiger partial charge in [0.25, 0.3) is 0 Å². The molecule has 0 spiro atoms. The summed E-state index contributed by atoms with van der Waals surface area (Å²) in [5, 5.41) is 3.27. The molecule has 1 aliphatic heterocycles. The van der Waals surface area contributed by atoms with Crippen LogP contribution in [-0.2, 0) is 14.6 Å². The van der Waals surface area contributed by atoms with E-state index in [0.29, 0.717) is 4.90 Å². The highest BCUT2D eigenvalue weighted by Gasteiger charge is 2.13. The lowest BCUT2D eigenvalue weighted by atomic mass is 10.1. The van der Waals surface area contributed by atoms with Crippen LogP contribution in [0.15, 0.2) is 29.2 Å². The van der Waals surface area contributed by atoms with E-state index < -0.39 is 9.84 Å². The van der Waals surface area contributed by atoms with Crippen LogP contribution >= 0.6 is 0 Å². The molecule has 1 aliphatic rings. The fourth-order valence-electron chi connectivity index (χ4n) is 2.02. The van der Waals surface area contributed by atoms with Crippen LogP contribution in [0.2, 0.25) is 0 Å². The van der Waals surface area contributed by atoms with Crippen molar-refractivity contribution in [3.63, 3.8) is 0 Å². The van der Waals surface area contributed by atoms with Crippen LogP contribution in [0, 0.1) is 0 Å². The standard InChI is InChI=1S/C13H19NO3S/c1-18(15,16)13-7-5-11(6-8-13)14-10-12-4-2-3-9-17-12/h5-8,12,14H,2-4,9-10H2,1H3. The van der Waals surface area contributed by atoms with Crippen molar-refractivity contribution in [3.8, 4) is 0 Å². The quantitative estimate of drug-likeness (QED) is 0.909. The van der Waals surface area contributed by atoms with Crippen molar-refractivity contribution in [2.45, 2.75) is 30.3 Å². The second-order valence-electron chi connectivity index (χ2n) is 4.67. The summed E-state index contributed by atoms with van der Waals surface area (Å²) in [4.78, 5) is 0.349. The van der Waals surface area contributed by atoms with E-state index >= 15 is 0 Å². The molecule has 1 unspecified atom stereocenters. The third-order valence-electron chi connectivity index (χ3n) is 3.09. The fourth-order valence-corrected chi connectivity index (χ4v) is 2.65. The van der Waals surface area contributed by atoms with Crippen molar-refractivity contribution in [1.29, 1.82) is 0 Å². The summed E-state index contributed by atoms with van der Waals surface area (Å²) < 4.78 is 28.2. The maximum atomic E-state index is 11.3. The first-order valence-electron chi connectivity index (χ1n) is 6.21. The van der Waals surface area contributed by atoms with Crippen molar-refractivity contribution in [2.75, 3.05) is 24.7 Å². The zero-order valence-electron chi connectivity index (χ0n) is 10.6. The van der Waals surface area contributed by atoms with Crippen molar-refractivity contribution in [1.82, 2.24) is 0 Å². The predicted molar refractivity (Wildman–Crippen MR) is 71.6 cm³/mol. The first kappa shape index (κ1) is 13.4. The topological polar surface area (TPSA) is 55.4 Å². The molecule has 0 bridgehead atoms. The Morgan fingerprint density at radius 1 is 1.28 bits per heavy atom. The van der Waals surface area contributed by atoms with E-state index in [0.717, 1.165) is 31.7 Å². The molecule has 0 radical (unpaired) electrons. The minimum atomic E-state index is -3.11. The van der Waals surface area contributed by atoms with Gasteiger partial charge in [-0.25, -0.2) is 8.42 Å². The molecule has 18 heavy (non-hydrogen) atoms. The van der Waals surface area contributed by atoms with Gasteiger partial charge in [-0.1, -0.05) is 0 Å². The molecule has 0 amide bonds. The fraction of sp³-hybridized carbons (Fsp3) is 0.538. The maximum Gasteiger partial charge on any atom is 0.175 e. The number of anilines is 1. The van der Waals surface area contributed by atoms with E-state index in [1.165, 1.54) is 12.7 Å². The second-order valence-corrected chi connectivity index (χ2v) is 6.68. The third-order valence-corrected chi connectivity index (χ3v) is 4.22. The zero-order valence-corrected chi connectivity index (χ0v) is 11.4. The van der Waals surface area contributed by atoms with Crippen LogP contribution < -0.4 is 5.32 Å². The lowest BCUT2D eigenvalue weighted by molar-refractivity contribution is 0.0247. The molecule has 1 N–H and O–H groups in total. The van der Waals surface area contributed by atoms with Gasteiger partial charge in [-0.3, -0.25) is 0 Å². The summed E-state index contributed by atoms with van der Waals surface area (Å²) in [5.41, 5.74) is 0.927.